The number of hydrogen-bond acceptors (Lipinski definition) is 4. The Kier molecular flexibility index (Phi) is 7.00. The summed E-state index contributed by atoms with van der Waals surface area (Å²) in [5, 5.41) is 9.98. The van der Waals surface area contributed by atoms with Gasteiger partial charge in [0.05, 0.1) is 5.56 Å². The van der Waals surface area contributed by atoms with Crippen molar-refractivity contribution >= 4 is 28.9 Å². The van der Waals surface area contributed by atoms with Crippen LogP contribution in [0.5, 0.6) is 0 Å². The molecular weight excluding hydrogens is 463 g/mol. The second-order valence-corrected chi connectivity index (χ2v) is 9.03. The zero-order valence-corrected chi connectivity index (χ0v) is 19.1. The van der Waals surface area contributed by atoms with Crippen molar-refractivity contribution in [3.8, 4) is 0 Å². The number of aryl methyl sites for hydroxylation is 1. The molecule has 34 heavy (non-hydrogen) atoms. The average Bonchev–Trinajstić information content (AvgIpc) is 3.14. The van der Waals surface area contributed by atoms with Crippen LogP contribution in [0.3, 0.4) is 0 Å². The van der Waals surface area contributed by atoms with E-state index in [-0.39, 0.29) is 17.9 Å². The molecule has 0 saturated carbocycles. The Morgan fingerprint density at radius 3 is 2.44 bits per heavy atom. The number of furan rings is 1. The SMILES string of the molecule is Cc1c(C(=O)O)oc2ccc(SN(CCc3ccccc3)Cc3ccccc3C(F)(F)F)cc12. The first kappa shape index (κ1) is 23.9. The van der Waals surface area contributed by atoms with E-state index >= 15 is 0 Å². The third kappa shape index (κ3) is 5.46. The van der Waals surface area contributed by atoms with E-state index < -0.39 is 17.7 Å². The lowest BCUT2D eigenvalue weighted by molar-refractivity contribution is -0.138. The summed E-state index contributed by atoms with van der Waals surface area (Å²) in [5.74, 6) is -1.26. The standard InChI is InChI=1S/C26H22F3NO3S/c1-17-21-15-20(11-12-23(21)33-24(17)25(31)32)34-30(14-13-18-7-3-2-4-8-18)16-19-9-5-6-10-22(19)26(27,28)29/h2-12,15H,13-14,16H2,1H3,(H,31,32). The van der Waals surface area contributed by atoms with Gasteiger partial charge in [0.2, 0.25) is 5.76 Å². The van der Waals surface area contributed by atoms with Crippen LogP contribution in [0.4, 0.5) is 13.2 Å². The van der Waals surface area contributed by atoms with Crippen molar-refractivity contribution in [3.05, 3.63) is 101 Å². The van der Waals surface area contributed by atoms with Crippen LogP contribution in [0.15, 0.2) is 82.1 Å². The first-order valence-electron chi connectivity index (χ1n) is 10.6. The quantitative estimate of drug-likeness (QED) is 0.267. The lowest BCUT2D eigenvalue weighted by Crippen LogP contribution is -2.21. The summed E-state index contributed by atoms with van der Waals surface area (Å²) in [5.41, 5.74) is 1.61. The van der Waals surface area contributed by atoms with Gasteiger partial charge < -0.3 is 9.52 Å². The maximum Gasteiger partial charge on any atom is 0.416 e. The molecule has 1 N–H and O–H groups in total. The highest BCUT2D eigenvalue weighted by Crippen LogP contribution is 2.35. The predicted octanol–water partition coefficient (Wildman–Crippen LogP) is 7.21. The van der Waals surface area contributed by atoms with Crippen LogP contribution in [0, 0.1) is 6.92 Å². The average molecular weight is 486 g/mol. The highest BCUT2D eigenvalue weighted by molar-refractivity contribution is 7.97. The summed E-state index contributed by atoms with van der Waals surface area (Å²) >= 11 is 1.34. The van der Waals surface area contributed by atoms with E-state index in [1.165, 1.54) is 24.1 Å². The highest BCUT2D eigenvalue weighted by atomic mass is 32.2. The number of carboxylic acids is 1. The van der Waals surface area contributed by atoms with E-state index in [1.807, 2.05) is 40.7 Å². The third-order valence-corrected chi connectivity index (χ3v) is 6.53. The molecule has 1 aromatic heterocycles. The maximum atomic E-state index is 13.6. The number of fused-ring (bicyclic) bond motifs is 1. The predicted molar refractivity (Wildman–Crippen MR) is 126 cm³/mol. The van der Waals surface area contributed by atoms with Crippen molar-refractivity contribution in [3.63, 3.8) is 0 Å². The normalized spacial score (nSPS) is 11.9. The van der Waals surface area contributed by atoms with Gasteiger partial charge >= 0.3 is 12.1 Å². The van der Waals surface area contributed by atoms with Crippen LogP contribution in [-0.2, 0) is 19.1 Å². The van der Waals surface area contributed by atoms with Crippen molar-refractivity contribution in [1.82, 2.24) is 4.31 Å². The second-order valence-electron chi connectivity index (χ2n) is 7.86. The van der Waals surface area contributed by atoms with Gasteiger partial charge in [0.1, 0.15) is 5.58 Å². The third-order valence-electron chi connectivity index (χ3n) is 5.50. The van der Waals surface area contributed by atoms with Crippen LogP contribution in [0.1, 0.15) is 32.8 Å². The van der Waals surface area contributed by atoms with E-state index in [2.05, 4.69) is 0 Å². The van der Waals surface area contributed by atoms with Gasteiger partial charge in [-0.2, -0.15) is 13.2 Å². The zero-order chi connectivity index (χ0) is 24.3. The fraction of sp³-hybridized carbons (Fsp3) is 0.192. The van der Waals surface area contributed by atoms with E-state index in [4.69, 9.17) is 4.42 Å². The van der Waals surface area contributed by atoms with Crippen molar-refractivity contribution in [1.29, 1.82) is 0 Å². The van der Waals surface area contributed by atoms with E-state index in [0.717, 1.165) is 16.5 Å². The monoisotopic (exact) mass is 485 g/mol. The second kappa shape index (κ2) is 9.95. The number of rotatable bonds is 8. The van der Waals surface area contributed by atoms with Crippen molar-refractivity contribution in [2.75, 3.05) is 6.54 Å². The summed E-state index contributed by atoms with van der Waals surface area (Å²) in [4.78, 5) is 12.2. The topological polar surface area (TPSA) is 53.7 Å². The molecule has 4 aromatic rings. The minimum Gasteiger partial charge on any atom is -0.475 e. The number of alkyl halides is 3. The Balaban J connectivity index is 1.63. The number of hydrogen-bond donors (Lipinski definition) is 1. The van der Waals surface area contributed by atoms with Gasteiger partial charge in [0, 0.05) is 28.9 Å². The number of aromatic carboxylic acids is 1. The first-order valence-corrected chi connectivity index (χ1v) is 11.4. The molecule has 0 atom stereocenters. The summed E-state index contributed by atoms with van der Waals surface area (Å²) in [6.45, 7) is 2.29. The molecule has 8 heteroatoms. The molecule has 0 aliphatic carbocycles. The highest BCUT2D eigenvalue weighted by Gasteiger charge is 2.33. The molecule has 3 aromatic carbocycles. The van der Waals surface area contributed by atoms with E-state index in [0.29, 0.717) is 29.5 Å². The number of nitrogens with zero attached hydrogens (tertiary/aromatic N) is 1. The Morgan fingerprint density at radius 2 is 1.74 bits per heavy atom. The number of carbonyl (C=O) groups is 1. The summed E-state index contributed by atoms with van der Waals surface area (Å²) in [6.07, 6.45) is -3.77. The minimum atomic E-state index is -4.44. The van der Waals surface area contributed by atoms with Gasteiger partial charge in [-0.05, 0) is 60.7 Å². The molecule has 0 fully saturated rings. The molecular formula is C26H22F3NO3S. The lowest BCUT2D eigenvalue weighted by atomic mass is 10.1. The summed E-state index contributed by atoms with van der Waals surface area (Å²) in [6, 6.07) is 20.7. The molecule has 0 unspecified atom stereocenters. The van der Waals surface area contributed by atoms with E-state index in [1.54, 1.807) is 25.1 Å². The molecule has 4 rings (SSSR count). The van der Waals surface area contributed by atoms with Gasteiger partial charge in [-0.3, -0.25) is 0 Å². The molecule has 0 bridgehead atoms. The Labute approximate surface area is 199 Å². The van der Waals surface area contributed by atoms with Crippen molar-refractivity contribution < 1.29 is 27.5 Å². The molecule has 1 heterocycles. The molecule has 4 nitrogen and oxygen atoms in total. The Hall–Kier alpha value is -3.23. The van der Waals surface area contributed by atoms with Crippen LogP contribution in [0.2, 0.25) is 0 Å². The van der Waals surface area contributed by atoms with Gasteiger partial charge in [-0.1, -0.05) is 48.5 Å². The fourth-order valence-corrected chi connectivity index (χ4v) is 4.77. The lowest BCUT2D eigenvalue weighted by Gasteiger charge is -2.23. The largest absolute Gasteiger partial charge is 0.475 e. The fourth-order valence-electron chi connectivity index (χ4n) is 3.79. The molecule has 0 aliphatic heterocycles. The smallest absolute Gasteiger partial charge is 0.416 e. The van der Waals surface area contributed by atoms with Gasteiger partial charge in [0.25, 0.3) is 0 Å². The maximum absolute atomic E-state index is 13.6. The summed E-state index contributed by atoms with van der Waals surface area (Å²) < 4.78 is 48.1. The molecule has 0 saturated heterocycles. The number of halogens is 3. The van der Waals surface area contributed by atoms with Crippen molar-refractivity contribution in [2.24, 2.45) is 0 Å². The van der Waals surface area contributed by atoms with Crippen LogP contribution in [-0.4, -0.2) is 21.9 Å². The Morgan fingerprint density at radius 1 is 1.03 bits per heavy atom. The zero-order valence-electron chi connectivity index (χ0n) is 18.3. The van der Waals surface area contributed by atoms with Gasteiger partial charge in [0.15, 0.2) is 0 Å². The van der Waals surface area contributed by atoms with Crippen LogP contribution < -0.4 is 0 Å². The van der Waals surface area contributed by atoms with Gasteiger partial charge in [-0.15, -0.1) is 0 Å². The minimum absolute atomic E-state index is 0.0932. The van der Waals surface area contributed by atoms with E-state index in [9.17, 15) is 23.1 Å². The molecule has 0 amide bonds. The van der Waals surface area contributed by atoms with Crippen LogP contribution >= 0.6 is 11.9 Å². The van der Waals surface area contributed by atoms with Crippen molar-refractivity contribution in [2.45, 2.75) is 31.0 Å². The molecule has 0 radical (unpaired) electrons. The number of benzene rings is 3. The molecule has 0 aliphatic rings. The molecule has 0 spiro atoms. The first-order chi connectivity index (χ1) is 16.2. The molecule has 176 valence electrons. The summed E-state index contributed by atoms with van der Waals surface area (Å²) in [7, 11) is 0. The Bertz CT molecular complexity index is 1300. The van der Waals surface area contributed by atoms with Gasteiger partial charge in [-0.25, -0.2) is 9.10 Å². The van der Waals surface area contributed by atoms with Crippen LogP contribution in [0.25, 0.3) is 11.0 Å². The number of carboxylic acid groups (broad SMARTS) is 1.